The van der Waals surface area contributed by atoms with Crippen LogP contribution in [0, 0.1) is 5.82 Å². The van der Waals surface area contributed by atoms with Crippen molar-refractivity contribution < 1.29 is 12.8 Å². The first-order valence-electron chi connectivity index (χ1n) is 5.76. The molecule has 0 bridgehead atoms. The Kier molecular flexibility index (Phi) is 3.49. The number of benzene rings is 1. The first-order valence-corrected chi connectivity index (χ1v) is 7.30. The van der Waals surface area contributed by atoms with E-state index in [2.05, 4.69) is 0 Å². The lowest BCUT2D eigenvalue weighted by Crippen LogP contribution is -2.33. The summed E-state index contributed by atoms with van der Waals surface area (Å²) in [5.74, 6) is -0.664. The number of nitrogens with two attached hydrogens (primary N) is 1. The van der Waals surface area contributed by atoms with Gasteiger partial charge in [-0.3, -0.25) is 0 Å². The van der Waals surface area contributed by atoms with Crippen molar-refractivity contribution in [3.63, 3.8) is 0 Å². The Bertz CT molecular complexity index is 493. The molecule has 0 spiro atoms. The maximum absolute atomic E-state index is 13.5. The average molecular weight is 257 g/mol. The van der Waals surface area contributed by atoms with Crippen LogP contribution < -0.4 is 5.73 Å². The number of sulfone groups is 1. The van der Waals surface area contributed by atoms with Crippen LogP contribution in [0.1, 0.15) is 25.7 Å². The Morgan fingerprint density at radius 2 is 1.71 bits per heavy atom. The van der Waals surface area contributed by atoms with Crippen molar-refractivity contribution in [1.29, 1.82) is 0 Å². The van der Waals surface area contributed by atoms with E-state index in [1.54, 1.807) is 6.07 Å². The molecule has 0 radical (unpaired) electrons. The summed E-state index contributed by atoms with van der Waals surface area (Å²) in [6.07, 6.45) is 2.44. The standard InChI is InChI=1S/C12H16FNO2S/c13-11-3-1-2-4-12(11)17(15,16)10-7-5-9(14)6-8-10/h1-4,9-10H,5-8,14H2. The maximum Gasteiger partial charge on any atom is 0.184 e. The Morgan fingerprint density at radius 3 is 2.29 bits per heavy atom. The molecule has 17 heavy (non-hydrogen) atoms. The van der Waals surface area contributed by atoms with Crippen molar-refractivity contribution >= 4 is 9.84 Å². The first-order chi connectivity index (χ1) is 8.01. The molecule has 1 fully saturated rings. The summed E-state index contributed by atoms with van der Waals surface area (Å²) in [7, 11) is -3.55. The lowest BCUT2D eigenvalue weighted by molar-refractivity contribution is 0.432. The fraction of sp³-hybridized carbons (Fsp3) is 0.500. The van der Waals surface area contributed by atoms with E-state index in [0.29, 0.717) is 25.7 Å². The highest BCUT2D eigenvalue weighted by atomic mass is 32.2. The summed E-state index contributed by atoms with van der Waals surface area (Å²) >= 11 is 0. The third-order valence-corrected chi connectivity index (χ3v) is 5.59. The molecule has 3 nitrogen and oxygen atoms in total. The quantitative estimate of drug-likeness (QED) is 0.879. The lowest BCUT2D eigenvalue weighted by atomic mass is 9.96. The molecule has 2 rings (SSSR count). The van der Waals surface area contributed by atoms with E-state index >= 15 is 0 Å². The second kappa shape index (κ2) is 4.74. The van der Waals surface area contributed by atoms with Crippen LogP contribution in [0.25, 0.3) is 0 Å². The molecule has 0 aromatic heterocycles. The molecule has 1 aliphatic carbocycles. The van der Waals surface area contributed by atoms with Gasteiger partial charge in [0.05, 0.1) is 5.25 Å². The molecule has 0 aliphatic heterocycles. The third-order valence-electron chi connectivity index (χ3n) is 3.30. The highest BCUT2D eigenvalue weighted by Gasteiger charge is 2.32. The number of halogens is 1. The predicted octanol–water partition coefficient (Wildman–Crippen LogP) is 1.87. The molecule has 1 saturated carbocycles. The molecule has 1 aliphatic rings. The Morgan fingerprint density at radius 1 is 1.12 bits per heavy atom. The van der Waals surface area contributed by atoms with E-state index in [1.807, 2.05) is 0 Å². The summed E-state index contributed by atoms with van der Waals surface area (Å²) in [6, 6.07) is 5.64. The molecule has 0 atom stereocenters. The predicted molar refractivity (Wildman–Crippen MR) is 63.8 cm³/mol. The number of hydrogen-bond acceptors (Lipinski definition) is 3. The first kappa shape index (κ1) is 12.5. The topological polar surface area (TPSA) is 60.2 Å². The fourth-order valence-corrected chi connectivity index (χ4v) is 4.11. The molecule has 5 heteroatoms. The van der Waals surface area contributed by atoms with Crippen molar-refractivity contribution in [2.75, 3.05) is 0 Å². The minimum atomic E-state index is -3.55. The minimum absolute atomic E-state index is 0.0853. The van der Waals surface area contributed by atoms with Gasteiger partial charge in [0.1, 0.15) is 10.7 Å². The maximum atomic E-state index is 13.5. The molecule has 1 aromatic carbocycles. The van der Waals surface area contributed by atoms with Crippen LogP contribution in [0.3, 0.4) is 0 Å². The number of rotatable bonds is 2. The molecule has 0 unspecified atom stereocenters. The van der Waals surface area contributed by atoms with Crippen molar-refractivity contribution in [3.8, 4) is 0 Å². The van der Waals surface area contributed by atoms with Gasteiger partial charge >= 0.3 is 0 Å². The van der Waals surface area contributed by atoms with Gasteiger partial charge in [-0.25, -0.2) is 12.8 Å². The van der Waals surface area contributed by atoms with Gasteiger partial charge in [-0.05, 0) is 37.8 Å². The van der Waals surface area contributed by atoms with E-state index in [0.717, 1.165) is 0 Å². The van der Waals surface area contributed by atoms with E-state index < -0.39 is 20.9 Å². The highest BCUT2D eigenvalue weighted by molar-refractivity contribution is 7.92. The van der Waals surface area contributed by atoms with E-state index in [1.165, 1.54) is 18.2 Å². The van der Waals surface area contributed by atoms with Crippen molar-refractivity contribution in [2.24, 2.45) is 5.73 Å². The van der Waals surface area contributed by atoms with Gasteiger partial charge in [-0.15, -0.1) is 0 Å². The Hall–Kier alpha value is -0.940. The molecular weight excluding hydrogens is 241 g/mol. The van der Waals surface area contributed by atoms with Gasteiger partial charge in [0.2, 0.25) is 0 Å². The van der Waals surface area contributed by atoms with Crippen LogP contribution in [-0.2, 0) is 9.84 Å². The fourth-order valence-electron chi connectivity index (χ4n) is 2.25. The smallest absolute Gasteiger partial charge is 0.184 e. The molecule has 94 valence electrons. The van der Waals surface area contributed by atoms with Crippen molar-refractivity contribution in [2.45, 2.75) is 41.9 Å². The molecule has 1 aromatic rings. The second-order valence-corrected chi connectivity index (χ2v) is 6.71. The van der Waals surface area contributed by atoms with Gasteiger partial charge in [0.15, 0.2) is 9.84 Å². The normalized spacial score (nSPS) is 25.8. The van der Waals surface area contributed by atoms with E-state index in [-0.39, 0.29) is 10.9 Å². The summed E-state index contributed by atoms with van der Waals surface area (Å²) in [5, 5.41) is -0.487. The average Bonchev–Trinajstić information content (AvgIpc) is 2.30. The zero-order valence-corrected chi connectivity index (χ0v) is 10.3. The van der Waals surface area contributed by atoms with Gasteiger partial charge in [-0.1, -0.05) is 12.1 Å². The van der Waals surface area contributed by atoms with Crippen LogP contribution in [0.2, 0.25) is 0 Å². The molecule has 2 N–H and O–H groups in total. The van der Waals surface area contributed by atoms with Crippen LogP contribution in [0.15, 0.2) is 29.2 Å². The van der Waals surface area contributed by atoms with Crippen LogP contribution >= 0.6 is 0 Å². The highest BCUT2D eigenvalue weighted by Crippen LogP contribution is 2.29. The number of hydrogen-bond donors (Lipinski definition) is 1. The van der Waals surface area contributed by atoms with Crippen LogP contribution in [0.5, 0.6) is 0 Å². The van der Waals surface area contributed by atoms with Gasteiger partial charge in [-0.2, -0.15) is 0 Å². The van der Waals surface area contributed by atoms with Gasteiger partial charge in [0.25, 0.3) is 0 Å². The van der Waals surface area contributed by atoms with Crippen LogP contribution in [0.4, 0.5) is 4.39 Å². The summed E-state index contributed by atoms with van der Waals surface area (Å²) in [6.45, 7) is 0. The van der Waals surface area contributed by atoms with Gasteiger partial charge in [0, 0.05) is 6.04 Å². The minimum Gasteiger partial charge on any atom is -0.328 e. The molecule has 0 saturated heterocycles. The third kappa shape index (κ3) is 2.50. The summed E-state index contributed by atoms with van der Waals surface area (Å²) in [4.78, 5) is -0.180. The lowest BCUT2D eigenvalue weighted by Gasteiger charge is -2.25. The molecular formula is C12H16FNO2S. The zero-order valence-electron chi connectivity index (χ0n) is 9.47. The monoisotopic (exact) mass is 257 g/mol. The molecule has 0 amide bonds. The second-order valence-electron chi connectivity index (χ2n) is 4.51. The van der Waals surface area contributed by atoms with E-state index in [4.69, 9.17) is 5.73 Å². The SMILES string of the molecule is NC1CCC(S(=O)(=O)c2ccccc2F)CC1. The van der Waals surface area contributed by atoms with Crippen molar-refractivity contribution in [3.05, 3.63) is 30.1 Å². The van der Waals surface area contributed by atoms with E-state index in [9.17, 15) is 12.8 Å². The summed E-state index contributed by atoms with van der Waals surface area (Å²) < 4.78 is 38.0. The Labute approximate surface area is 101 Å². The van der Waals surface area contributed by atoms with Crippen LogP contribution in [-0.4, -0.2) is 19.7 Å². The zero-order chi connectivity index (χ0) is 12.5. The largest absolute Gasteiger partial charge is 0.328 e. The molecule has 0 heterocycles. The summed E-state index contributed by atoms with van der Waals surface area (Å²) in [5.41, 5.74) is 5.74. The van der Waals surface area contributed by atoms with Gasteiger partial charge < -0.3 is 5.73 Å². The van der Waals surface area contributed by atoms with Crippen molar-refractivity contribution in [1.82, 2.24) is 0 Å². The Balaban J connectivity index is 2.28.